The maximum absolute atomic E-state index is 13.1. The van der Waals surface area contributed by atoms with E-state index in [0.717, 1.165) is 12.5 Å². The van der Waals surface area contributed by atoms with E-state index in [1.807, 2.05) is 0 Å². The van der Waals surface area contributed by atoms with Gasteiger partial charge in [0.25, 0.3) is 0 Å². The van der Waals surface area contributed by atoms with Crippen LogP contribution in [0.1, 0.15) is 6.42 Å². The minimum atomic E-state index is -0.866. The van der Waals surface area contributed by atoms with E-state index in [0.29, 0.717) is 24.2 Å². The monoisotopic (exact) mass is 226 g/mol. The molecule has 16 heavy (non-hydrogen) atoms. The number of aromatic nitrogens is 2. The number of imidazole rings is 1. The van der Waals surface area contributed by atoms with E-state index in [4.69, 9.17) is 4.74 Å². The second-order valence-corrected chi connectivity index (χ2v) is 3.54. The van der Waals surface area contributed by atoms with Crippen molar-refractivity contribution in [2.75, 3.05) is 13.7 Å². The van der Waals surface area contributed by atoms with E-state index in [2.05, 4.69) is 4.98 Å². The van der Waals surface area contributed by atoms with Gasteiger partial charge in [-0.25, -0.2) is 13.8 Å². The summed E-state index contributed by atoms with van der Waals surface area (Å²) in [5, 5.41) is 0. The van der Waals surface area contributed by atoms with Crippen molar-refractivity contribution in [1.29, 1.82) is 0 Å². The number of benzene rings is 1. The Morgan fingerprint density at radius 1 is 1.31 bits per heavy atom. The van der Waals surface area contributed by atoms with Crippen molar-refractivity contribution in [3.8, 4) is 0 Å². The number of rotatable bonds is 4. The fourth-order valence-electron chi connectivity index (χ4n) is 1.61. The number of aryl methyl sites for hydroxylation is 1. The fourth-order valence-corrected chi connectivity index (χ4v) is 1.61. The minimum Gasteiger partial charge on any atom is -0.385 e. The van der Waals surface area contributed by atoms with Crippen molar-refractivity contribution in [1.82, 2.24) is 9.55 Å². The quantitative estimate of drug-likeness (QED) is 0.748. The minimum absolute atomic E-state index is 0.469. The summed E-state index contributed by atoms with van der Waals surface area (Å²) >= 11 is 0. The Bertz CT molecular complexity index is 496. The fraction of sp³-hybridized carbons (Fsp3) is 0.364. The van der Waals surface area contributed by atoms with E-state index in [1.54, 1.807) is 18.0 Å². The lowest BCUT2D eigenvalue weighted by molar-refractivity contribution is 0.190. The molecule has 0 fully saturated rings. The van der Waals surface area contributed by atoms with Gasteiger partial charge < -0.3 is 9.30 Å². The highest BCUT2D eigenvalue weighted by molar-refractivity contribution is 5.75. The van der Waals surface area contributed by atoms with Crippen LogP contribution in [-0.2, 0) is 11.3 Å². The molecule has 0 bridgehead atoms. The lowest BCUT2D eigenvalue weighted by Crippen LogP contribution is -2.00. The first-order chi connectivity index (χ1) is 7.72. The number of halogens is 2. The molecule has 0 spiro atoms. The van der Waals surface area contributed by atoms with E-state index >= 15 is 0 Å². The van der Waals surface area contributed by atoms with E-state index in [9.17, 15) is 8.78 Å². The van der Waals surface area contributed by atoms with Gasteiger partial charge in [-0.1, -0.05) is 0 Å². The third-order valence-electron chi connectivity index (χ3n) is 2.41. The number of fused-ring (bicyclic) bond motifs is 1. The first-order valence-electron chi connectivity index (χ1n) is 5.01. The van der Waals surface area contributed by atoms with Gasteiger partial charge in [0.1, 0.15) is 0 Å². The van der Waals surface area contributed by atoms with Gasteiger partial charge in [-0.2, -0.15) is 0 Å². The molecule has 0 amide bonds. The van der Waals surface area contributed by atoms with Crippen molar-refractivity contribution in [2.45, 2.75) is 13.0 Å². The molecule has 5 heteroatoms. The Morgan fingerprint density at radius 3 is 2.81 bits per heavy atom. The summed E-state index contributed by atoms with van der Waals surface area (Å²) in [6, 6.07) is 2.28. The molecule has 0 aliphatic carbocycles. The van der Waals surface area contributed by atoms with Gasteiger partial charge in [0.15, 0.2) is 11.6 Å². The molecule has 2 rings (SSSR count). The van der Waals surface area contributed by atoms with Crippen molar-refractivity contribution < 1.29 is 13.5 Å². The molecule has 0 saturated heterocycles. The Morgan fingerprint density at radius 2 is 2.06 bits per heavy atom. The Labute approximate surface area is 91.7 Å². The number of hydrogen-bond donors (Lipinski definition) is 0. The molecule has 0 atom stereocenters. The molecule has 1 aromatic heterocycles. The molecule has 2 aromatic rings. The lowest BCUT2D eigenvalue weighted by atomic mass is 10.3. The van der Waals surface area contributed by atoms with Gasteiger partial charge in [-0.05, 0) is 6.42 Å². The van der Waals surface area contributed by atoms with Crippen LogP contribution < -0.4 is 0 Å². The summed E-state index contributed by atoms with van der Waals surface area (Å²) in [6.07, 6.45) is 2.39. The maximum Gasteiger partial charge on any atom is 0.161 e. The molecule has 0 aliphatic heterocycles. The van der Waals surface area contributed by atoms with Crippen LogP contribution in [-0.4, -0.2) is 23.3 Å². The Balaban J connectivity index is 2.29. The Kier molecular flexibility index (Phi) is 3.14. The van der Waals surface area contributed by atoms with Crippen LogP contribution in [0, 0.1) is 11.6 Å². The van der Waals surface area contributed by atoms with Crippen molar-refractivity contribution in [3.05, 3.63) is 30.1 Å². The van der Waals surface area contributed by atoms with Crippen LogP contribution in [0.15, 0.2) is 18.5 Å². The normalized spacial score (nSPS) is 11.2. The molecular formula is C11H12F2N2O. The first-order valence-corrected chi connectivity index (χ1v) is 5.01. The molecule has 3 nitrogen and oxygen atoms in total. The lowest BCUT2D eigenvalue weighted by Gasteiger charge is -2.03. The van der Waals surface area contributed by atoms with Crippen LogP contribution in [0.25, 0.3) is 11.0 Å². The first kappa shape index (κ1) is 11.0. The topological polar surface area (TPSA) is 27.1 Å². The molecule has 0 radical (unpaired) electrons. The van der Waals surface area contributed by atoms with Crippen LogP contribution in [0.4, 0.5) is 8.78 Å². The standard InChI is InChI=1S/C11H12F2N2O/c1-16-4-2-3-15-7-14-10-5-8(12)9(13)6-11(10)15/h5-7H,2-4H2,1H3. The van der Waals surface area contributed by atoms with Gasteiger partial charge in [0.2, 0.25) is 0 Å². The van der Waals surface area contributed by atoms with Crippen LogP contribution in [0.5, 0.6) is 0 Å². The summed E-state index contributed by atoms with van der Waals surface area (Å²) in [5.74, 6) is -1.71. The van der Waals surface area contributed by atoms with Crippen LogP contribution in [0.3, 0.4) is 0 Å². The average Bonchev–Trinajstić information content (AvgIpc) is 2.63. The van der Waals surface area contributed by atoms with Crippen LogP contribution >= 0.6 is 0 Å². The second-order valence-electron chi connectivity index (χ2n) is 3.54. The zero-order valence-corrected chi connectivity index (χ0v) is 8.91. The van der Waals surface area contributed by atoms with Gasteiger partial charge >= 0.3 is 0 Å². The third-order valence-corrected chi connectivity index (χ3v) is 2.41. The molecule has 1 aromatic carbocycles. The number of methoxy groups -OCH3 is 1. The number of ether oxygens (including phenoxy) is 1. The predicted octanol–water partition coefficient (Wildman–Crippen LogP) is 2.35. The molecule has 86 valence electrons. The SMILES string of the molecule is COCCCn1cnc2cc(F)c(F)cc21. The van der Waals surface area contributed by atoms with Crippen LogP contribution in [0.2, 0.25) is 0 Å². The Hall–Kier alpha value is -1.49. The van der Waals surface area contributed by atoms with Gasteiger partial charge in [0, 0.05) is 32.4 Å². The van der Waals surface area contributed by atoms with Gasteiger partial charge in [-0.15, -0.1) is 0 Å². The average molecular weight is 226 g/mol. The van der Waals surface area contributed by atoms with Crippen molar-refractivity contribution in [2.24, 2.45) is 0 Å². The summed E-state index contributed by atoms with van der Waals surface area (Å²) < 4.78 is 32.7. The summed E-state index contributed by atoms with van der Waals surface area (Å²) in [4.78, 5) is 4.01. The summed E-state index contributed by atoms with van der Waals surface area (Å²) in [7, 11) is 1.63. The van der Waals surface area contributed by atoms with Gasteiger partial charge in [-0.3, -0.25) is 0 Å². The van der Waals surface area contributed by atoms with Gasteiger partial charge in [0.05, 0.1) is 17.4 Å². The van der Waals surface area contributed by atoms with E-state index < -0.39 is 11.6 Å². The van der Waals surface area contributed by atoms with E-state index in [-0.39, 0.29) is 0 Å². The maximum atomic E-state index is 13.1. The molecule has 0 saturated carbocycles. The molecule has 0 unspecified atom stereocenters. The number of nitrogens with zero attached hydrogens (tertiary/aromatic N) is 2. The largest absolute Gasteiger partial charge is 0.385 e. The smallest absolute Gasteiger partial charge is 0.161 e. The van der Waals surface area contributed by atoms with Crippen molar-refractivity contribution >= 4 is 11.0 Å². The van der Waals surface area contributed by atoms with E-state index in [1.165, 1.54) is 6.07 Å². The third kappa shape index (κ3) is 2.04. The highest BCUT2D eigenvalue weighted by atomic mass is 19.2. The number of hydrogen-bond acceptors (Lipinski definition) is 2. The highest BCUT2D eigenvalue weighted by Gasteiger charge is 2.08. The summed E-state index contributed by atoms with van der Waals surface area (Å²) in [5.41, 5.74) is 1.08. The zero-order valence-electron chi connectivity index (χ0n) is 8.91. The highest BCUT2D eigenvalue weighted by Crippen LogP contribution is 2.17. The molecular weight excluding hydrogens is 214 g/mol. The predicted molar refractivity (Wildman–Crippen MR) is 56.1 cm³/mol. The zero-order chi connectivity index (χ0) is 11.5. The summed E-state index contributed by atoms with van der Waals surface area (Å²) in [6.45, 7) is 1.30. The molecule has 0 aliphatic rings. The molecule has 0 N–H and O–H groups in total. The molecule has 1 heterocycles. The van der Waals surface area contributed by atoms with Crippen molar-refractivity contribution in [3.63, 3.8) is 0 Å². The second kappa shape index (κ2) is 4.57.